The lowest BCUT2D eigenvalue weighted by Gasteiger charge is -2.11. The number of nitro benzene ring substituents is 1. The third kappa shape index (κ3) is 5.94. The third-order valence-electron chi connectivity index (χ3n) is 6.40. The maximum absolute atomic E-state index is 13.6. The van der Waals surface area contributed by atoms with Gasteiger partial charge in [0.25, 0.3) is 5.56 Å². The Morgan fingerprint density at radius 2 is 1.86 bits per heavy atom. The van der Waals surface area contributed by atoms with Crippen molar-refractivity contribution in [3.63, 3.8) is 0 Å². The monoisotopic (exact) mass is 740 g/mol. The zero-order valence-electron chi connectivity index (χ0n) is 21.6. The fourth-order valence-electron chi connectivity index (χ4n) is 4.38. The molecule has 0 saturated heterocycles. The van der Waals surface area contributed by atoms with E-state index in [4.69, 9.17) is 32.4 Å². The van der Waals surface area contributed by atoms with E-state index in [0.717, 1.165) is 14.5 Å². The summed E-state index contributed by atoms with van der Waals surface area (Å²) in [5, 5.41) is 18.4. The Balaban J connectivity index is 1.41. The standard InChI is InChI=1S/C30H16Br2Cl2N4O5/c31-19-6-8-26-18(11-19)12-27(43-26)29-36-24-4-2-1-3-21(24)30(39)37(29)35-14-16-9-22(32)28(25(10-16)38(40)41)42-15-17-5-7-20(33)13-23(17)34/h1-14H,15H2. The summed E-state index contributed by atoms with van der Waals surface area (Å²) >= 11 is 19.0. The van der Waals surface area contributed by atoms with Gasteiger partial charge in [-0.15, -0.1) is 0 Å². The molecule has 2 aromatic heterocycles. The van der Waals surface area contributed by atoms with Crippen LogP contribution in [0.2, 0.25) is 10.0 Å². The Kier molecular flexibility index (Phi) is 8.06. The molecular formula is C30H16Br2Cl2N4O5. The second-order valence-corrected chi connectivity index (χ2v) is 11.9. The Morgan fingerprint density at radius 3 is 2.65 bits per heavy atom. The van der Waals surface area contributed by atoms with Crippen molar-refractivity contribution < 1.29 is 14.1 Å². The number of benzene rings is 4. The highest BCUT2D eigenvalue weighted by Crippen LogP contribution is 2.37. The Labute approximate surface area is 269 Å². The van der Waals surface area contributed by atoms with Gasteiger partial charge < -0.3 is 9.15 Å². The lowest BCUT2D eigenvalue weighted by atomic mass is 10.2. The second-order valence-electron chi connectivity index (χ2n) is 9.24. The van der Waals surface area contributed by atoms with E-state index in [2.05, 4.69) is 41.9 Å². The van der Waals surface area contributed by atoms with E-state index in [-0.39, 0.29) is 23.9 Å². The minimum atomic E-state index is -0.567. The van der Waals surface area contributed by atoms with Gasteiger partial charge >= 0.3 is 5.69 Å². The van der Waals surface area contributed by atoms with E-state index < -0.39 is 10.5 Å². The van der Waals surface area contributed by atoms with Crippen LogP contribution in [-0.2, 0) is 6.61 Å². The van der Waals surface area contributed by atoms with Crippen molar-refractivity contribution in [3.05, 3.63) is 129 Å². The van der Waals surface area contributed by atoms with Gasteiger partial charge in [-0.25, -0.2) is 4.98 Å². The van der Waals surface area contributed by atoms with Gasteiger partial charge in [0, 0.05) is 37.1 Å². The van der Waals surface area contributed by atoms with Crippen LogP contribution >= 0.6 is 55.1 Å². The first-order valence-electron chi connectivity index (χ1n) is 12.5. The molecular weight excluding hydrogens is 727 g/mol. The van der Waals surface area contributed by atoms with E-state index in [1.165, 1.54) is 12.3 Å². The first kappa shape index (κ1) is 29.1. The molecule has 0 N–H and O–H groups in total. The summed E-state index contributed by atoms with van der Waals surface area (Å²) < 4.78 is 14.1. The third-order valence-corrected chi connectivity index (χ3v) is 8.07. The number of hydrogen-bond acceptors (Lipinski definition) is 7. The lowest BCUT2D eigenvalue weighted by Crippen LogP contribution is -2.20. The van der Waals surface area contributed by atoms with Gasteiger partial charge in [0.1, 0.15) is 12.2 Å². The normalized spacial score (nSPS) is 11.5. The lowest BCUT2D eigenvalue weighted by molar-refractivity contribution is -0.386. The topological polar surface area (TPSA) is 113 Å². The van der Waals surface area contributed by atoms with E-state index in [9.17, 15) is 14.9 Å². The number of aromatic nitrogens is 2. The molecule has 0 saturated carbocycles. The van der Waals surface area contributed by atoms with Gasteiger partial charge in [0.15, 0.2) is 5.76 Å². The number of halogens is 4. The molecule has 0 atom stereocenters. The van der Waals surface area contributed by atoms with Crippen LogP contribution < -0.4 is 10.3 Å². The van der Waals surface area contributed by atoms with Crippen LogP contribution in [0, 0.1) is 10.1 Å². The summed E-state index contributed by atoms with van der Waals surface area (Å²) in [7, 11) is 0. The summed E-state index contributed by atoms with van der Waals surface area (Å²) in [4.78, 5) is 29.7. The minimum absolute atomic E-state index is 0.00632. The van der Waals surface area contributed by atoms with Crippen molar-refractivity contribution in [2.75, 3.05) is 0 Å². The fourth-order valence-corrected chi connectivity index (χ4v) is 5.80. The first-order chi connectivity index (χ1) is 20.7. The molecule has 2 heterocycles. The summed E-state index contributed by atoms with van der Waals surface area (Å²) in [6, 6.07) is 22.0. The number of hydrogen-bond donors (Lipinski definition) is 0. The van der Waals surface area contributed by atoms with Gasteiger partial charge in [-0.1, -0.05) is 57.3 Å². The number of fused-ring (bicyclic) bond motifs is 2. The highest BCUT2D eigenvalue weighted by Gasteiger charge is 2.21. The molecule has 0 aliphatic heterocycles. The smallest absolute Gasteiger partial charge is 0.312 e. The highest BCUT2D eigenvalue weighted by atomic mass is 79.9. The molecule has 0 radical (unpaired) electrons. The molecule has 0 aliphatic rings. The van der Waals surface area contributed by atoms with Crippen LogP contribution in [0.1, 0.15) is 11.1 Å². The first-order valence-corrected chi connectivity index (χ1v) is 14.8. The van der Waals surface area contributed by atoms with Crippen LogP contribution in [0.5, 0.6) is 5.75 Å². The Hall–Kier alpha value is -4.03. The molecule has 6 aromatic rings. The number of para-hydroxylation sites is 1. The molecule has 0 amide bonds. The molecule has 13 heteroatoms. The van der Waals surface area contributed by atoms with Crippen molar-refractivity contribution in [1.82, 2.24) is 9.66 Å². The molecule has 214 valence electrons. The Bertz CT molecular complexity index is 2160. The van der Waals surface area contributed by atoms with E-state index in [1.807, 2.05) is 12.1 Å². The summed E-state index contributed by atoms with van der Waals surface area (Å²) in [5.41, 5.74) is 1.25. The molecule has 43 heavy (non-hydrogen) atoms. The molecule has 0 spiro atoms. The van der Waals surface area contributed by atoms with Crippen molar-refractivity contribution in [2.45, 2.75) is 6.61 Å². The molecule has 0 bridgehead atoms. The highest BCUT2D eigenvalue weighted by molar-refractivity contribution is 9.10. The van der Waals surface area contributed by atoms with E-state index in [1.54, 1.807) is 60.7 Å². The summed E-state index contributed by atoms with van der Waals surface area (Å²) in [5.74, 6) is 0.498. The van der Waals surface area contributed by atoms with Crippen LogP contribution in [-0.4, -0.2) is 20.8 Å². The quantitative estimate of drug-likeness (QED) is 0.0917. The van der Waals surface area contributed by atoms with Gasteiger partial charge in [-0.2, -0.15) is 9.78 Å². The van der Waals surface area contributed by atoms with Gasteiger partial charge in [-0.05, 0) is 70.5 Å². The zero-order valence-corrected chi connectivity index (χ0v) is 26.3. The molecule has 6 rings (SSSR count). The van der Waals surface area contributed by atoms with Crippen molar-refractivity contribution in [2.24, 2.45) is 5.10 Å². The molecule has 0 aliphatic carbocycles. The van der Waals surface area contributed by atoms with Crippen LogP contribution in [0.25, 0.3) is 33.5 Å². The Morgan fingerprint density at radius 1 is 1.05 bits per heavy atom. The average Bonchev–Trinajstić information content (AvgIpc) is 3.39. The fraction of sp³-hybridized carbons (Fsp3) is 0.0333. The van der Waals surface area contributed by atoms with E-state index >= 15 is 0 Å². The van der Waals surface area contributed by atoms with E-state index in [0.29, 0.717) is 47.9 Å². The maximum Gasteiger partial charge on any atom is 0.312 e. The van der Waals surface area contributed by atoms with Crippen LogP contribution in [0.4, 0.5) is 5.69 Å². The van der Waals surface area contributed by atoms with Gasteiger partial charge in [0.05, 0.1) is 26.5 Å². The van der Waals surface area contributed by atoms with Gasteiger partial charge in [0.2, 0.25) is 11.6 Å². The van der Waals surface area contributed by atoms with Crippen molar-refractivity contribution in [3.8, 4) is 17.3 Å². The molecule has 4 aromatic carbocycles. The molecule has 0 unspecified atom stereocenters. The SMILES string of the molecule is O=c1c2ccccc2nc(-c2cc3cc(Br)ccc3o2)n1N=Cc1cc(Br)c(OCc2ccc(Cl)cc2Cl)c([N+](=O)[O-])c1. The number of rotatable bonds is 7. The van der Waals surface area contributed by atoms with Crippen LogP contribution in [0.15, 0.2) is 102 Å². The predicted molar refractivity (Wildman–Crippen MR) is 173 cm³/mol. The molecule has 0 fully saturated rings. The second kappa shape index (κ2) is 11.9. The van der Waals surface area contributed by atoms with Crippen molar-refractivity contribution in [1.29, 1.82) is 0 Å². The number of ether oxygens (including phenoxy) is 1. The zero-order chi connectivity index (χ0) is 30.2. The minimum Gasteiger partial charge on any atom is -0.481 e. The number of furan rings is 1. The number of nitrogens with zero attached hydrogens (tertiary/aromatic N) is 4. The van der Waals surface area contributed by atoms with Crippen LogP contribution in [0.3, 0.4) is 0 Å². The van der Waals surface area contributed by atoms with Gasteiger partial charge in [-0.3, -0.25) is 14.9 Å². The summed E-state index contributed by atoms with van der Waals surface area (Å²) in [6.45, 7) is -0.0293. The maximum atomic E-state index is 13.6. The molecule has 9 nitrogen and oxygen atoms in total. The largest absolute Gasteiger partial charge is 0.481 e. The average molecular weight is 743 g/mol. The van der Waals surface area contributed by atoms with Crippen molar-refractivity contribution >= 4 is 88.8 Å². The predicted octanol–water partition coefficient (Wildman–Crippen LogP) is 9.01. The number of nitro groups is 1. The summed E-state index contributed by atoms with van der Waals surface area (Å²) in [6.07, 6.45) is 1.33.